The van der Waals surface area contributed by atoms with Gasteiger partial charge in [0.1, 0.15) is 5.75 Å². The molecule has 0 aliphatic carbocycles. The largest absolute Gasteiger partial charge is 0.497 e. The predicted octanol–water partition coefficient (Wildman–Crippen LogP) is 4.92. The van der Waals surface area contributed by atoms with Crippen molar-refractivity contribution < 1.29 is 22.4 Å². The summed E-state index contributed by atoms with van der Waals surface area (Å²) in [5.74, 6) is -0.676. The number of rotatable bonds is 4. The molecular weight excluding hydrogens is 341 g/mol. The van der Waals surface area contributed by atoms with Gasteiger partial charge in [-0.3, -0.25) is 0 Å². The molecule has 124 valence electrons. The van der Waals surface area contributed by atoms with Crippen LogP contribution in [0.3, 0.4) is 0 Å². The lowest BCUT2D eigenvalue weighted by atomic mass is 10.2. The zero-order valence-electron chi connectivity index (χ0n) is 12.4. The van der Waals surface area contributed by atoms with Crippen molar-refractivity contribution in [3.8, 4) is 17.1 Å². The van der Waals surface area contributed by atoms with E-state index in [-0.39, 0.29) is 5.82 Å². The predicted molar refractivity (Wildman–Crippen MR) is 81.9 cm³/mol. The number of hydrogen-bond donors (Lipinski definition) is 0. The van der Waals surface area contributed by atoms with Crippen molar-refractivity contribution in [1.29, 1.82) is 0 Å². The Hall–Kier alpha value is -2.48. The van der Waals surface area contributed by atoms with Gasteiger partial charge in [-0.1, -0.05) is 16.9 Å². The van der Waals surface area contributed by atoms with Crippen LogP contribution in [-0.4, -0.2) is 17.3 Å². The Labute approximate surface area is 139 Å². The Bertz CT molecular complexity index is 815. The summed E-state index contributed by atoms with van der Waals surface area (Å²) in [6.45, 7) is 0. The van der Waals surface area contributed by atoms with Gasteiger partial charge in [-0.05, 0) is 48.5 Å². The summed E-state index contributed by atoms with van der Waals surface area (Å²) in [6, 6.07) is 14.4. The summed E-state index contributed by atoms with van der Waals surface area (Å²) < 4.78 is 46.7. The first-order valence-corrected chi connectivity index (χ1v) is 7.60. The lowest BCUT2D eigenvalue weighted by molar-refractivity contribution is -0.159. The van der Waals surface area contributed by atoms with Crippen LogP contribution in [-0.2, 0) is 6.18 Å². The molecule has 8 heteroatoms. The van der Waals surface area contributed by atoms with E-state index in [0.29, 0.717) is 5.56 Å². The molecule has 2 aromatic carbocycles. The van der Waals surface area contributed by atoms with Crippen molar-refractivity contribution in [1.82, 2.24) is 10.1 Å². The maximum absolute atomic E-state index is 12.5. The van der Waals surface area contributed by atoms with Crippen LogP contribution in [0.1, 0.15) is 5.89 Å². The fraction of sp³-hybridized carbons (Fsp3) is 0.125. The minimum Gasteiger partial charge on any atom is -0.497 e. The van der Waals surface area contributed by atoms with Gasteiger partial charge in [0.15, 0.2) is 0 Å². The van der Waals surface area contributed by atoms with Crippen molar-refractivity contribution in [2.45, 2.75) is 16.0 Å². The molecule has 0 N–H and O–H groups in total. The van der Waals surface area contributed by atoms with E-state index in [2.05, 4.69) is 14.7 Å². The molecule has 3 rings (SSSR count). The second-order valence-corrected chi connectivity index (χ2v) is 5.87. The molecule has 3 aromatic rings. The smallest absolute Gasteiger partial charge is 0.471 e. The lowest BCUT2D eigenvalue weighted by Crippen LogP contribution is -2.04. The number of alkyl halides is 3. The van der Waals surface area contributed by atoms with Crippen LogP contribution in [0.15, 0.2) is 62.8 Å². The van der Waals surface area contributed by atoms with E-state index < -0.39 is 12.1 Å². The van der Waals surface area contributed by atoms with Crippen molar-refractivity contribution in [3.05, 3.63) is 54.4 Å². The third-order valence-corrected chi connectivity index (χ3v) is 4.09. The highest BCUT2D eigenvalue weighted by Crippen LogP contribution is 2.32. The monoisotopic (exact) mass is 352 g/mol. The van der Waals surface area contributed by atoms with E-state index in [1.54, 1.807) is 31.4 Å². The third-order valence-electron chi connectivity index (χ3n) is 3.08. The first kappa shape index (κ1) is 16.4. The fourth-order valence-electron chi connectivity index (χ4n) is 1.91. The molecule has 24 heavy (non-hydrogen) atoms. The zero-order valence-corrected chi connectivity index (χ0v) is 13.2. The molecule has 1 aromatic heterocycles. The number of methoxy groups -OCH3 is 1. The summed E-state index contributed by atoms with van der Waals surface area (Å²) >= 11 is 1.52. The third kappa shape index (κ3) is 3.70. The SMILES string of the molecule is COc1ccc(Sc2ccc(-c3noc(C(F)(F)F)n3)cc2)cc1. The summed E-state index contributed by atoms with van der Waals surface area (Å²) in [6.07, 6.45) is -4.64. The Morgan fingerprint density at radius 2 is 1.54 bits per heavy atom. The van der Waals surface area contributed by atoms with Gasteiger partial charge in [-0.25, -0.2) is 0 Å². The van der Waals surface area contributed by atoms with Gasteiger partial charge < -0.3 is 9.26 Å². The number of aromatic nitrogens is 2. The molecule has 0 amide bonds. The van der Waals surface area contributed by atoms with Gasteiger partial charge in [0.25, 0.3) is 0 Å². The number of hydrogen-bond acceptors (Lipinski definition) is 5. The summed E-state index contributed by atoms with van der Waals surface area (Å²) in [7, 11) is 1.60. The van der Waals surface area contributed by atoms with Crippen LogP contribution >= 0.6 is 11.8 Å². The van der Waals surface area contributed by atoms with Gasteiger partial charge in [0.2, 0.25) is 5.82 Å². The maximum atomic E-state index is 12.5. The molecule has 0 bridgehead atoms. The first-order chi connectivity index (χ1) is 11.5. The van der Waals surface area contributed by atoms with Gasteiger partial charge >= 0.3 is 12.1 Å². The minimum atomic E-state index is -4.64. The highest BCUT2D eigenvalue weighted by Gasteiger charge is 2.38. The highest BCUT2D eigenvalue weighted by atomic mass is 32.2. The van der Waals surface area contributed by atoms with Crippen LogP contribution < -0.4 is 4.74 Å². The Balaban J connectivity index is 1.74. The Morgan fingerprint density at radius 3 is 2.04 bits per heavy atom. The number of halogens is 3. The molecule has 0 atom stereocenters. The average Bonchev–Trinajstić information content (AvgIpc) is 3.07. The molecule has 0 fully saturated rings. The van der Waals surface area contributed by atoms with E-state index in [4.69, 9.17) is 4.74 Å². The van der Waals surface area contributed by atoms with E-state index >= 15 is 0 Å². The van der Waals surface area contributed by atoms with E-state index in [0.717, 1.165) is 15.5 Å². The van der Waals surface area contributed by atoms with Gasteiger partial charge in [0, 0.05) is 15.4 Å². The molecule has 0 aliphatic heterocycles. The minimum absolute atomic E-state index is 0.0941. The molecule has 0 spiro atoms. The quantitative estimate of drug-likeness (QED) is 0.667. The van der Waals surface area contributed by atoms with Crippen molar-refractivity contribution in [2.75, 3.05) is 7.11 Å². The summed E-state index contributed by atoms with van der Waals surface area (Å²) in [5.41, 5.74) is 0.452. The number of ether oxygens (including phenoxy) is 1. The fourth-order valence-corrected chi connectivity index (χ4v) is 2.72. The van der Waals surface area contributed by atoms with Gasteiger partial charge in [0.05, 0.1) is 7.11 Å². The van der Waals surface area contributed by atoms with Crippen LogP contribution in [0.2, 0.25) is 0 Å². The van der Waals surface area contributed by atoms with Crippen LogP contribution in [0.25, 0.3) is 11.4 Å². The van der Waals surface area contributed by atoms with E-state index in [1.807, 2.05) is 24.3 Å². The highest BCUT2D eigenvalue weighted by molar-refractivity contribution is 7.99. The molecule has 0 saturated heterocycles. The molecule has 0 radical (unpaired) electrons. The Kier molecular flexibility index (Phi) is 4.48. The van der Waals surface area contributed by atoms with Crippen molar-refractivity contribution >= 4 is 11.8 Å². The average molecular weight is 352 g/mol. The summed E-state index contributed by atoms with van der Waals surface area (Å²) in [5, 5.41) is 3.36. The molecule has 1 heterocycles. The zero-order chi connectivity index (χ0) is 17.2. The Morgan fingerprint density at radius 1 is 0.958 bits per heavy atom. The van der Waals surface area contributed by atoms with E-state index in [9.17, 15) is 13.2 Å². The maximum Gasteiger partial charge on any atom is 0.471 e. The lowest BCUT2D eigenvalue weighted by Gasteiger charge is -2.04. The van der Waals surface area contributed by atoms with Crippen molar-refractivity contribution in [3.63, 3.8) is 0 Å². The van der Waals surface area contributed by atoms with Crippen LogP contribution in [0.4, 0.5) is 13.2 Å². The number of benzene rings is 2. The van der Waals surface area contributed by atoms with E-state index in [1.165, 1.54) is 11.8 Å². The second-order valence-electron chi connectivity index (χ2n) is 4.72. The molecule has 0 unspecified atom stereocenters. The standard InChI is InChI=1S/C16H11F3N2O2S/c1-22-11-4-8-13(9-5-11)24-12-6-2-10(3-7-12)14-20-15(23-21-14)16(17,18)19/h2-9H,1H3. The van der Waals surface area contributed by atoms with Gasteiger partial charge in [-0.15, -0.1) is 0 Å². The second kappa shape index (κ2) is 6.56. The normalized spacial score (nSPS) is 11.5. The first-order valence-electron chi connectivity index (χ1n) is 6.79. The van der Waals surface area contributed by atoms with Gasteiger partial charge in [-0.2, -0.15) is 18.2 Å². The summed E-state index contributed by atoms with van der Waals surface area (Å²) in [4.78, 5) is 5.31. The van der Waals surface area contributed by atoms with Crippen LogP contribution in [0.5, 0.6) is 5.75 Å². The molecule has 0 saturated carbocycles. The van der Waals surface area contributed by atoms with Crippen molar-refractivity contribution in [2.24, 2.45) is 0 Å². The molecule has 4 nitrogen and oxygen atoms in total. The molecular formula is C16H11F3N2O2S. The van der Waals surface area contributed by atoms with Crippen LogP contribution in [0, 0.1) is 0 Å². The molecule has 0 aliphatic rings. The topological polar surface area (TPSA) is 48.2 Å². The number of nitrogens with zero attached hydrogens (tertiary/aromatic N) is 2.